The first-order valence-electron chi connectivity index (χ1n) is 17.8. The SMILES string of the molecule is COc1ccc2c(O[C@@H]3C[C@H]4C(=O)C[C@]5(C(=O)O)C[C@@H]5/C=C\CCCCC[C@H](Cc5ccccc5)C(=O)N4C3)cc(-c3ccccc3)nc2c1. The fourth-order valence-electron chi connectivity index (χ4n) is 7.84. The van der Waals surface area contributed by atoms with Gasteiger partial charge in [0.2, 0.25) is 5.91 Å². The number of methoxy groups -OCH3 is 1. The number of hydrogen-bond donors (Lipinski definition) is 1. The van der Waals surface area contributed by atoms with Crippen molar-refractivity contribution in [3.8, 4) is 22.8 Å². The first-order chi connectivity index (χ1) is 24.3. The maximum Gasteiger partial charge on any atom is 0.310 e. The van der Waals surface area contributed by atoms with Crippen LogP contribution in [-0.4, -0.2) is 58.5 Å². The van der Waals surface area contributed by atoms with Gasteiger partial charge >= 0.3 is 5.97 Å². The number of carboxylic acid groups (broad SMARTS) is 1. The van der Waals surface area contributed by atoms with Crippen molar-refractivity contribution in [3.63, 3.8) is 0 Å². The van der Waals surface area contributed by atoms with E-state index in [2.05, 4.69) is 6.08 Å². The third-order valence-corrected chi connectivity index (χ3v) is 10.8. The number of nitrogens with zero attached hydrogens (tertiary/aromatic N) is 2. The third kappa shape index (κ3) is 7.02. The molecule has 2 fully saturated rings. The van der Waals surface area contributed by atoms with Crippen molar-refractivity contribution in [3.05, 3.63) is 103 Å². The number of ketones is 1. The van der Waals surface area contributed by atoms with Crippen molar-refractivity contribution in [2.24, 2.45) is 17.3 Å². The van der Waals surface area contributed by atoms with Gasteiger partial charge in [0, 0.05) is 41.8 Å². The number of amides is 1. The standard InChI is InChI=1S/C42H44N2O6/c1-49-32-19-20-34-36(22-32)43-35(29-15-10-6-11-16-29)24-39(34)50-33-23-37-38(45)26-42(41(47)48)25-31(42)18-12-4-2-3-9-17-30(40(46)44(37)27-33)21-28-13-7-5-8-14-28/h5-8,10-16,18-20,22,24,30-31,33,37H,2-4,9,17,21,23,25-27H2,1H3,(H,47,48)/b18-12-/t30-,31+,33-,37+,42-/m1/s1. The summed E-state index contributed by atoms with van der Waals surface area (Å²) in [5.74, 6) is -0.388. The summed E-state index contributed by atoms with van der Waals surface area (Å²) in [5.41, 5.74) is 2.34. The lowest BCUT2D eigenvalue weighted by atomic mass is 9.90. The monoisotopic (exact) mass is 672 g/mol. The molecule has 3 aliphatic rings. The number of rotatable bonds is 7. The Bertz CT molecular complexity index is 1890. The molecular weight excluding hydrogens is 628 g/mol. The van der Waals surface area contributed by atoms with E-state index in [1.807, 2.05) is 91.0 Å². The normalized spacial score (nSPS) is 26.3. The van der Waals surface area contributed by atoms with Crippen LogP contribution in [-0.2, 0) is 20.8 Å². The van der Waals surface area contributed by atoms with Crippen molar-refractivity contribution in [1.82, 2.24) is 9.88 Å². The van der Waals surface area contributed by atoms with Gasteiger partial charge in [0.25, 0.3) is 0 Å². The number of Topliss-reactive ketones (excluding diaryl/α,β-unsaturated/α-hetero) is 1. The quantitative estimate of drug-likeness (QED) is 0.201. The molecule has 1 aliphatic carbocycles. The molecule has 258 valence electrons. The predicted octanol–water partition coefficient (Wildman–Crippen LogP) is 7.69. The first-order valence-corrected chi connectivity index (χ1v) is 17.8. The molecule has 0 spiro atoms. The predicted molar refractivity (Wildman–Crippen MR) is 192 cm³/mol. The van der Waals surface area contributed by atoms with E-state index in [9.17, 15) is 19.5 Å². The highest BCUT2D eigenvalue weighted by atomic mass is 16.5. The molecule has 0 bridgehead atoms. The number of carbonyl (C=O) groups is 3. The highest BCUT2D eigenvalue weighted by Gasteiger charge is 2.61. The zero-order valence-electron chi connectivity index (χ0n) is 28.5. The molecule has 1 amide bonds. The van der Waals surface area contributed by atoms with Gasteiger partial charge in [-0.2, -0.15) is 0 Å². The lowest BCUT2D eigenvalue weighted by Gasteiger charge is -2.29. The second kappa shape index (κ2) is 14.5. The maximum atomic E-state index is 14.6. The van der Waals surface area contributed by atoms with Crippen LogP contribution in [0.1, 0.15) is 56.9 Å². The molecule has 8 heteroatoms. The fourth-order valence-corrected chi connectivity index (χ4v) is 7.84. The van der Waals surface area contributed by atoms with E-state index >= 15 is 0 Å². The molecule has 1 saturated heterocycles. The molecular formula is C42H44N2O6. The molecule has 1 aromatic heterocycles. The summed E-state index contributed by atoms with van der Waals surface area (Å²) in [6.07, 6.45) is 9.27. The van der Waals surface area contributed by atoms with Crippen molar-refractivity contribution in [1.29, 1.82) is 0 Å². The zero-order chi connectivity index (χ0) is 34.7. The Morgan fingerprint density at radius 3 is 2.52 bits per heavy atom. The summed E-state index contributed by atoms with van der Waals surface area (Å²) in [6.45, 7) is 0.241. The highest BCUT2D eigenvalue weighted by Crippen LogP contribution is 2.57. The van der Waals surface area contributed by atoms with Crippen LogP contribution in [0.5, 0.6) is 11.5 Å². The van der Waals surface area contributed by atoms with E-state index in [-0.39, 0.29) is 36.5 Å². The van der Waals surface area contributed by atoms with Gasteiger partial charge in [0.1, 0.15) is 17.6 Å². The van der Waals surface area contributed by atoms with Crippen LogP contribution in [0.2, 0.25) is 0 Å². The second-order valence-electron chi connectivity index (χ2n) is 14.1. The van der Waals surface area contributed by atoms with Crippen LogP contribution in [0.3, 0.4) is 0 Å². The van der Waals surface area contributed by atoms with E-state index in [0.29, 0.717) is 36.3 Å². The first kappa shape index (κ1) is 33.5. The number of aromatic nitrogens is 1. The molecule has 1 saturated carbocycles. The number of aliphatic carboxylic acids is 1. The second-order valence-corrected chi connectivity index (χ2v) is 14.1. The minimum absolute atomic E-state index is 0.0580. The van der Waals surface area contributed by atoms with Crippen molar-refractivity contribution in [2.45, 2.75) is 69.9 Å². The summed E-state index contributed by atoms with van der Waals surface area (Å²) in [6, 6.07) is 26.7. The Morgan fingerprint density at radius 1 is 0.980 bits per heavy atom. The van der Waals surface area contributed by atoms with Gasteiger partial charge in [-0.15, -0.1) is 0 Å². The summed E-state index contributed by atoms with van der Waals surface area (Å²) in [4.78, 5) is 48.1. The van der Waals surface area contributed by atoms with Gasteiger partial charge in [-0.05, 0) is 55.7 Å². The molecule has 4 aromatic rings. The van der Waals surface area contributed by atoms with Gasteiger partial charge < -0.3 is 19.5 Å². The molecule has 0 radical (unpaired) electrons. The summed E-state index contributed by atoms with van der Waals surface area (Å²) < 4.78 is 12.3. The summed E-state index contributed by atoms with van der Waals surface area (Å²) in [5, 5.41) is 11.1. The minimum atomic E-state index is -1.12. The number of fused-ring (bicyclic) bond motifs is 3. The lowest BCUT2D eigenvalue weighted by molar-refractivity contribution is -0.147. The average molecular weight is 673 g/mol. The summed E-state index contributed by atoms with van der Waals surface area (Å²) in [7, 11) is 1.62. The molecule has 2 aliphatic heterocycles. The van der Waals surface area contributed by atoms with E-state index in [1.54, 1.807) is 12.0 Å². The maximum absolute atomic E-state index is 14.6. The van der Waals surface area contributed by atoms with E-state index in [0.717, 1.165) is 54.3 Å². The molecule has 3 aromatic carbocycles. The van der Waals surface area contributed by atoms with Gasteiger partial charge in [-0.1, -0.05) is 85.7 Å². The number of carboxylic acids is 1. The highest BCUT2D eigenvalue weighted by molar-refractivity contribution is 5.95. The summed E-state index contributed by atoms with van der Waals surface area (Å²) >= 11 is 0. The Balaban J connectivity index is 1.23. The van der Waals surface area contributed by atoms with Crippen molar-refractivity contribution < 1.29 is 29.0 Å². The van der Waals surface area contributed by atoms with Gasteiger partial charge in [-0.3, -0.25) is 14.4 Å². The number of carbonyl (C=O) groups excluding carboxylic acids is 2. The van der Waals surface area contributed by atoms with Crippen LogP contribution in [0.4, 0.5) is 0 Å². The molecule has 8 nitrogen and oxygen atoms in total. The lowest BCUT2D eigenvalue weighted by Crippen LogP contribution is -2.45. The Hall–Kier alpha value is -4.98. The molecule has 7 rings (SSSR count). The van der Waals surface area contributed by atoms with E-state index in [1.165, 1.54) is 0 Å². The van der Waals surface area contributed by atoms with Crippen molar-refractivity contribution in [2.75, 3.05) is 13.7 Å². The smallest absolute Gasteiger partial charge is 0.310 e. The molecule has 1 N–H and O–H groups in total. The van der Waals surface area contributed by atoms with E-state index < -0.39 is 23.5 Å². The van der Waals surface area contributed by atoms with Crippen LogP contribution < -0.4 is 9.47 Å². The van der Waals surface area contributed by atoms with Crippen LogP contribution in [0.25, 0.3) is 22.2 Å². The van der Waals surface area contributed by atoms with Crippen LogP contribution in [0, 0.1) is 17.3 Å². The molecule has 3 heterocycles. The third-order valence-electron chi connectivity index (χ3n) is 10.8. The molecule has 5 atom stereocenters. The minimum Gasteiger partial charge on any atom is -0.497 e. The number of benzene rings is 3. The number of pyridine rings is 1. The Kier molecular flexibility index (Phi) is 9.70. The zero-order valence-corrected chi connectivity index (χ0v) is 28.5. The largest absolute Gasteiger partial charge is 0.497 e. The van der Waals surface area contributed by atoms with Crippen LogP contribution in [0.15, 0.2) is 97.1 Å². The number of hydrogen-bond acceptors (Lipinski definition) is 6. The topological polar surface area (TPSA) is 106 Å². The fraction of sp³-hybridized carbons (Fsp3) is 0.381. The Labute approximate surface area is 293 Å². The Morgan fingerprint density at radius 2 is 1.76 bits per heavy atom. The van der Waals surface area contributed by atoms with Gasteiger partial charge in [-0.25, -0.2) is 4.98 Å². The molecule has 50 heavy (non-hydrogen) atoms. The van der Waals surface area contributed by atoms with Gasteiger partial charge in [0.05, 0.1) is 36.3 Å². The van der Waals surface area contributed by atoms with E-state index in [4.69, 9.17) is 14.5 Å². The van der Waals surface area contributed by atoms with Crippen molar-refractivity contribution >= 4 is 28.6 Å². The number of ether oxygens (including phenoxy) is 2. The molecule has 0 unspecified atom stereocenters. The number of allylic oxidation sites excluding steroid dienone is 2. The van der Waals surface area contributed by atoms with Gasteiger partial charge in [0.15, 0.2) is 5.78 Å². The average Bonchev–Trinajstić information content (AvgIpc) is 3.67. The van der Waals surface area contributed by atoms with Crippen LogP contribution >= 0.6 is 0 Å².